The maximum Gasteiger partial charge on any atom is 0.156 e. The van der Waals surface area contributed by atoms with Gasteiger partial charge in [0.1, 0.15) is 0 Å². The van der Waals surface area contributed by atoms with Crippen LogP contribution in [0.5, 0.6) is 0 Å². The number of nitrogens with two attached hydrogens (primary N) is 1. The van der Waals surface area contributed by atoms with Crippen molar-refractivity contribution in [1.82, 2.24) is 5.32 Å². The molecule has 0 fully saturated rings. The molecule has 5 heteroatoms. The molecule has 0 heterocycles. The fraction of sp³-hybridized carbons (Fsp3) is 0.889. The summed E-state index contributed by atoms with van der Waals surface area (Å²) in [4.78, 5) is 0. The van der Waals surface area contributed by atoms with Crippen LogP contribution in [0.4, 0.5) is 0 Å². The molecule has 0 saturated carbocycles. The van der Waals surface area contributed by atoms with Gasteiger partial charge in [-0.15, -0.1) is 0 Å². The summed E-state index contributed by atoms with van der Waals surface area (Å²) < 4.78 is 0. The zero-order chi connectivity index (χ0) is 11.0. The van der Waals surface area contributed by atoms with Crippen LogP contribution >= 0.6 is 11.8 Å². The van der Waals surface area contributed by atoms with E-state index in [1.807, 2.05) is 18.7 Å². The topological polar surface area (TPSA) is 70.6 Å². The number of nitrogens with one attached hydrogen (secondary N) is 1. The molecule has 0 saturated heterocycles. The highest BCUT2D eigenvalue weighted by atomic mass is 32.2. The summed E-state index contributed by atoms with van der Waals surface area (Å²) in [5, 5.41) is 15.4. The van der Waals surface area contributed by atoms with Gasteiger partial charge in [-0.1, -0.05) is 19.0 Å². The number of rotatable bonds is 7. The predicted molar refractivity (Wildman–Crippen MR) is 63.1 cm³/mol. The Morgan fingerprint density at radius 3 is 2.71 bits per heavy atom. The van der Waals surface area contributed by atoms with Crippen molar-refractivity contribution in [2.75, 3.05) is 12.8 Å². The van der Waals surface area contributed by atoms with Gasteiger partial charge in [0.25, 0.3) is 0 Å². The van der Waals surface area contributed by atoms with Crippen molar-refractivity contribution >= 4 is 17.6 Å². The Hall–Kier alpha value is -0.420. The normalized spacial score (nSPS) is 16.6. The zero-order valence-corrected chi connectivity index (χ0v) is 9.97. The minimum absolute atomic E-state index is 0.00550. The van der Waals surface area contributed by atoms with E-state index >= 15 is 0 Å². The van der Waals surface area contributed by atoms with E-state index in [1.54, 1.807) is 0 Å². The summed E-state index contributed by atoms with van der Waals surface area (Å²) in [6.45, 7) is 5.10. The third-order valence-corrected chi connectivity index (χ3v) is 3.27. The molecule has 2 atom stereocenters. The number of amidine groups is 1. The third kappa shape index (κ3) is 5.34. The van der Waals surface area contributed by atoms with Crippen molar-refractivity contribution in [3.63, 3.8) is 0 Å². The van der Waals surface area contributed by atoms with E-state index in [2.05, 4.69) is 23.7 Å². The molecule has 0 aliphatic rings. The van der Waals surface area contributed by atoms with Gasteiger partial charge in [-0.05, 0) is 25.6 Å². The summed E-state index contributed by atoms with van der Waals surface area (Å²) in [6, 6.07) is -0.00550. The highest BCUT2D eigenvalue weighted by Crippen LogP contribution is 2.08. The van der Waals surface area contributed by atoms with Crippen LogP contribution in [0, 0.1) is 0 Å². The first-order valence-electron chi connectivity index (χ1n) is 4.89. The summed E-state index contributed by atoms with van der Waals surface area (Å²) in [6.07, 6.45) is 4.03. The van der Waals surface area contributed by atoms with E-state index < -0.39 is 0 Å². The second kappa shape index (κ2) is 7.94. The molecule has 4 nitrogen and oxygen atoms in total. The van der Waals surface area contributed by atoms with Gasteiger partial charge in [0.2, 0.25) is 0 Å². The van der Waals surface area contributed by atoms with E-state index in [4.69, 9.17) is 10.9 Å². The molecule has 0 aromatic rings. The summed E-state index contributed by atoms with van der Waals surface area (Å²) in [7, 11) is 0. The minimum Gasteiger partial charge on any atom is -0.409 e. The van der Waals surface area contributed by atoms with Crippen molar-refractivity contribution in [1.29, 1.82) is 0 Å². The first-order valence-corrected chi connectivity index (χ1v) is 6.18. The van der Waals surface area contributed by atoms with Crippen molar-refractivity contribution in [2.24, 2.45) is 10.9 Å². The molecule has 14 heavy (non-hydrogen) atoms. The standard InChI is InChI=1S/C9H21N3OS/c1-4-8(9(10)12-13)11-6-5-7(2)14-3/h7-8,11,13H,4-6H2,1-3H3,(H2,10,12). The molecule has 0 aliphatic heterocycles. The van der Waals surface area contributed by atoms with E-state index in [9.17, 15) is 0 Å². The smallest absolute Gasteiger partial charge is 0.156 e. The molecule has 0 rings (SSSR count). The van der Waals surface area contributed by atoms with Crippen LogP contribution in [0.1, 0.15) is 26.7 Å². The lowest BCUT2D eigenvalue weighted by atomic mass is 10.2. The lowest BCUT2D eigenvalue weighted by Crippen LogP contribution is -2.41. The van der Waals surface area contributed by atoms with Gasteiger partial charge in [-0.2, -0.15) is 11.8 Å². The molecule has 0 amide bonds. The second-order valence-corrected chi connectivity index (χ2v) is 4.55. The molecule has 0 spiro atoms. The third-order valence-electron chi connectivity index (χ3n) is 2.22. The van der Waals surface area contributed by atoms with Crippen molar-refractivity contribution in [2.45, 2.75) is 38.0 Å². The molecule has 4 N–H and O–H groups in total. The first-order chi connectivity index (χ1) is 6.65. The summed E-state index contributed by atoms with van der Waals surface area (Å²) in [5.41, 5.74) is 5.51. The highest BCUT2D eigenvalue weighted by molar-refractivity contribution is 7.99. The molecule has 0 aromatic carbocycles. The van der Waals surface area contributed by atoms with Gasteiger partial charge in [0.15, 0.2) is 5.84 Å². The maximum absolute atomic E-state index is 8.51. The Balaban J connectivity index is 3.74. The molecular formula is C9H21N3OS. The quantitative estimate of drug-likeness (QED) is 0.261. The van der Waals surface area contributed by atoms with Gasteiger partial charge in [-0.25, -0.2) is 0 Å². The molecule has 84 valence electrons. The van der Waals surface area contributed by atoms with Gasteiger partial charge in [0, 0.05) is 5.25 Å². The Bertz CT molecular complexity index is 175. The monoisotopic (exact) mass is 219 g/mol. The maximum atomic E-state index is 8.51. The SMILES string of the molecule is CCC(NCCC(C)SC)C(N)=NO. The van der Waals surface area contributed by atoms with Crippen molar-refractivity contribution in [3.8, 4) is 0 Å². The minimum atomic E-state index is -0.00550. The highest BCUT2D eigenvalue weighted by Gasteiger charge is 2.10. The van der Waals surface area contributed by atoms with Crippen LogP contribution in [-0.4, -0.2) is 35.1 Å². The molecule has 0 aromatic heterocycles. The second-order valence-electron chi connectivity index (χ2n) is 3.27. The van der Waals surface area contributed by atoms with Crippen LogP contribution in [0.15, 0.2) is 5.16 Å². The Labute approximate surface area is 90.3 Å². The van der Waals surface area contributed by atoms with E-state index in [0.717, 1.165) is 19.4 Å². The van der Waals surface area contributed by atoms with E-state index in [-0.39, 0.29) is 11.9 Å². The average molecular weight is 219 g/mol. The average Bonchev–Trinajstić information content (AvgIpc) is 2.22. The summed E-state index contributed by atoms with van der Waals surface area (Å²) in [5.74, 6) is 0.268. The van der Waals surface area contributed by atoms with Gasteiger partial charge >= 0.3 is 0 Å². The lowest BCUT2D eigenvalue weighted by molar-refractivity contribution is 0.314. The Kier molecular flexibility index (Phi) is 7.70. The Morgan fingerprint density at radius 1 is 1.64 bits per heavy atom. The fourth-order valence-electron chi connectivity index (χ4n) is 1.11. The zero-order valence-electron chi connectivity index (χ0n) is 9.16. The predicted octanol–water partition coefficient (Wildman–Crippen LogP) is 1.24. The first kappa shape index (κ1) is 13.6. The molecule has 0 radical (unpaired) electrons. The van der Waals surface area contributed by atoms with Crippen LogP contribution < -0.4 is 11.1 Å². The van der Waals surface area contributed by atoms with Crippen LogP contribution in [0.3, 0.4) is 0 Å². The largest absolute Gasteiger partial charge is 0.409 e. The van der Waals surface area contributed by atoms with Crippen molar-refractivity contribution in [3.05, 3.63) is 0 Å². The van der Waals surface area contributed by atoms with Gasteiger partial charge < -0.3 is 16.3 Å². The molecule has 0 bridgehead atoms. The number of hydrogen-bond acceptors (Lipinski definition) is 4. The molecular weight excluding hydrogens is 198 g/mol. The van der Waals surface area contributed by atoms with E-state index in [1.165, 1.54) is 0 Å². The van der Waals surface area contributed by atoms with Crippen LogP contribution in [0.25, 0.3) is 0 Å². The van der Waals surface area contributed by atoms with E-state index in [0.29, 0.717) is 5.25 Å². The Morgan fingerprint density at radius 2 is 2.29 bits per heavy atom. The molecule has 0 aliphatic carbocycles. The van der Waals surface area contributed by atoms with Crippen LogP contribution in [0.2, 0.25) is 0 Å². The number of thioether (sulfide) groups is 1. The van der Waals surface area contributed by atoms with Gasteiger partial charge in [-0.3, -0.25) is 0 Å². The van der Waals surface area contributed by atoms with Crippen LogP contribution in [-0.2, 0) is 0 Å². The summed E-state index contributed by atoms with van der Waals surface area (Å²) >= 11 is 1.85. The lowest BCUT2D eigenvalue weighted by Gasteiger charge is -2.16. The van der Waals surface area contributed by atoms with Crippen molar-refractivity contribution < 1.29 is 5.21 Å². The fourth-order valence-corrected chi connectivity index (χ4v) is 1.46. The van der Waals surface area contributed by atoms with Gasteiger partial charge in [0.05, 0.1) is 6.04 Å². The number of hydrogen-bond donors (Lipinski definition) is 3. The molecule has 2 unspecified atom stereocenters. The number of oxime groups is 1. The number of nitrogens with zero attached hydrogens (tertiary/aromatic N) is 1.